The Balaban J connectivity index is 3.13. The molecule has 1 aromatic rings. The van der Waals surface area contributed by atoms with E-state index in [0.29, 0.717) is 12.0 Å². The first kappa shape index (κ1) is 13.5. The Morgan fingerprint density at radius 2 is 2.24 bits per heavy atom. The highest BCUT2D eigenvalue weighted by Crippen LogP contribution is 2.22. The number of amidine groups is 1. The summed E-state index contributed by atoms with van der Waals surface area (Å²) in [6, 6.07) is 0. The van der Waals surface area contributed by atoms with Gasteiger partial charge in [-0.3, -0.25) is 10.1 Å². The summed E-state index contributed by atoms with van der Waals surface area (Å²) < 4.78 is 1.74. The molecule has 0 radical (unpaired) electrons. The summed E-state index contributed by atoms with van der Waals surface area (Å²) in [5, 5.41) is 20.8. The molecule has 0 aliphatic rings. The molecule has 0 aromatic carbocycles. The lowest BCUT2D eigenvalue weighted by molar-refractivity contribution is 0.289. The number of aryl methyl sites for hydroxylation is 2. The molecule has 0 unspecified atom stereocenters. The molecule has 17 heavy (non-hydrogen) atoms. The van der Waals surface area contributed by atoms with Crippen LogP contribution in [0.2, 0.25) is 0 Å². The van der Waals surface area contributed by atoms with Gasteiger partial charge in [-0.15, -0.1) is 0 Å². The second-order valence-electron chi connectivity index (χ2n) is 3.98. The highest BCUT2D eigenvalue weighted by Gasteiger charge is 2.19. The predicted molar refractivity (Wildman–Crippen MR) is 68.6 cm³/mol. The molecule has 1 rings (SSSR count). The number of nitrogens with two attached hydrogens (primary N) is 1. The first-order chi connectivity index (χ1) is 8.02. The minimum Gasteiger partial charge on any atom is -0.396 e. The van der Waals surface area contributed by atoms with Crippen molar-refractivity contribution in [3.05, 3.63) is 11.3 Å². The molecular formula is C11H21N5O. The topological polar surface area (TPSA) is 91.2 Å². The van der Waals surface area contributed by atoms with E-state index in [-0.39, 0.29) is 12.4 Å². The van der Waals surface area contributed by atoms with E-state index < -0.39 is 0 Å². The predicted octanol–water partition coefficient (Wildman–Crippen LogP) is 0.221. The SMILES string of the molecule is CCN(CCCO)c1c(C(=N)N)c(C)nn1C. The number of aromatic nitrogens is 2. The van der Waals surface area contributed by atoms with Crippen molar-refractivity contribution >= 4 is 11.7 Å². The van der Waals surface area contributed by atoms with Crippen molar-refractivity contribution in [2.24, 2.45) is 12.8 Å². The fraction of sp³-hybridized carbons (Fsp3) is 0.636. The third-order valence-electron chi connectivity index (χ3n) is 2.73. The molecule has 0 bridgehead atoms. The molecule has 1 aromatic heterocycles. The third-order valence-corrected chi connectivity index (χ3v) is 2.73. The van der Waals surface area contributed by atoms with Crippen LogP contribution in [0, 0.1) is 12.3 Å². The quantitative estimate of drug-likeness (QED) is 0.489. The van der Waals surface area contributed by atoms with Crippen LogP contribution in [0.4, 0.5) is 5.82 Å². The maximum Gasteiger partial charge on any atom is 0.137 e. The number of aliphatic hydroxyl groups is 1. The maximum absolute atomic E-state index is 8.89. The van der Waals surface area contributed by atoms with E-state index in [1.54, 1.807) is 4.68 Å². The lowest BCUT2D eigenvalue weighted by atomic mass is 10.2. The van der Waals surface area contributed by atoms with Crippen LogP contribution >= 0.6 is 0 Å². The summed E-state index contributed by atoms with van der Waals surface area (Å²) in [5.41, 5.74) is 7.05. The van der Waals surface area contributed by atoms with E-state index in [1.165, 1.54) is 0 Å². The Bertz CT molecular complexity index is 399. The third kappa shape index (κ3) is 2.76. The zero-order valence-corrected chi connectivity index (χ0v) is 10.7. The summed E-state index contributed by atoms with van der Waals surface area (Å²) in [4.78, 5) is 2.08. The molecule has 0 aliphatic heterocycles. The van der Waals surface area contributed by atoms with Crippen molar-refractivity contribution in [2.45, 2.75) is 20.3 Å². The highest BCUT2D eigenvalue weighted by atomic mass is 16.3. The van der Waals surface area contributed by atoms with E-state index in [1.807, 2.05) is 20.9 Å². The molecule has 0 aliphatic carbocycles. The van der Waals surface area contributed by atoms with Crippen molar-refractivity contribution in [3.63, 3.8) is 0 Å². The van der Waals surface area contributed by atoms with E-state index >= 15 is 0 Å². The van der Waals surface area contributed by atoms with Gasteiger partial charge in [0.05, 0.1) is 11.3 Å². The van der Waals surface area contributed by atoms with Crippen molar-refractivity contribution in [1.82, 2.24) is 9.78 Å². The van der Waals surface area contributed by atoms with Gasteiger partial charge in [-0.1, -0.05) is 0 Å². The number of nitrogens with one attached hydrogen (secondary N) is 1. The smallest absolute Gasteiger partial charge is 0.137 e. The highest BCUT2D eigenvalue weighted by molar-refractivity contribution is 6.00. The van der Waals surface area contributed by atoms with Crippen molar-refractivity contribution in [3.8, 4) is 0 Å². The second kappa shape index (κ2) is 5.67. The van der Waals surface area contributed by atoms with Gasteiger partial charge in [0.2, 0.25) is 0 Å². The molecule has 4 N–H and O–H groups in total. The average molecular weight is 239 g/mol. The molecule has 0 saturated heterocycles. The Morgan fingerprint density at radius 1 is 1.59 bits per heavy atom. The van der Waals surface area contributed by atoms with Gasteiger partial charge in [0, 0.05) is 26.7 Å². The zero-order chi connectivity index (χ0) is 13.0. The van der Waals surface area contributed by atoms with Crippen LogP contribution in [0.25, 0.3) is 0 Å². The minimum absolute atomic E-state index is 0.0352. The van der Waals surface area contributed by atoms with Crippen LogP contribution < -0.4 is 10.6 Å². The average Bonchev–Trinajstić information content (AvgIpc) is 2.55. The first-order valence-electron chi connectivity index (χ1n) is 5.76. The van der Waals surface area contributed by atoms with E-state index in [9.17, 15) is 0 Å². The van der Waals surface area contributed by atoms with Gasteiger partial charge >= 0.3 is 0 Å². The fourth-order valence-corrected chi connectivity index (χ4v) is 2.00. The molecule has 0 saturated carbocycles. The molecule has 6 heteroatoms. The Hall–Kier alpha value is -1.56. The van der Waals surface area contributed by atoms with E-state index in [0.717, 1.165) is 24.6 Å². The van der Waals surface area contributed by atoms with Crippen LogP contribution in [0.1, 0.15) is 24.6 Å². The standard InChI is InChI=1S/C11H21N5O/c1-4-16(6-5-7-17)11-9(10(12)13)8(2)14-15(11)3/h17H,4-7H2,1-3H3,(H3,12,13). The summed E-state index contributed by atoms with van der Waals surface area (Å²) >= 11 is 0. The molecule has 1 heterocycles. The van der Waals surface area contributed by atoms with Crippen LogP contribution in [0.15, 0.2) is 0 Å². The summed E-state index contributed by atoms with van der Waals surface area (Å²) in [6.45, 7) is 5.55. The van der Waals surface area contributed by atoms with Crippen molar-refractivity contribution < 1.29 is 5.11 Å². The number of hydrogen-bond donors (Lipinski definition) is 3. The number of nitrogen functional groups attached to an aromatic ring is 1. The van der Waals surface area contributed by atoms with Crippen molar-refractivity contribution in [2.75, 3.05) is 24.6 Å². The summed E-state index contributed by atoms with van der Waals surface area (Å²) in [6.07, 6.45) is 0.690. The Morgan fingerprint density at radius 3 is 2.71 bits per heavy atom. The number of nitrogens with zero attached hydrogens (tertiary/aromatic N) is 3. The summed E-state index contributed by atoms with van der Waals surface area (Å²) in [5.74, 6) is 0.888. The van der Waals surface area contributed by atoms with Crippen LogP contribution in [-0.2, 0) is 7.05 Å². The molecule has 6 nitrogen and oxygen atoms in total. The number of aliphatic hydroxyl groups excluding tert-OH is 1. The maximum atomic E-state index is 8.89. The van der Waals surface area contributed by atoms with Crippen LogP contribution in [0.3, 0.4) is 0 Å². The van der Waals surface area contributed by atoms with Gasteiger partial charge in [-0.25, -0.2) is 0 Å². The fourth-order valence-electron chi connectivity index (χ4n) is 2.00. The van der Waals surface area contributed by atoms with Gasteiger partial charge in [-0.05, 0) is 20.3 Å². The largest absolute Gasteiger partial charge is 0.396 e. The van der Waals surface area contributed by atoms with E-state index in [2.05, 4.69) is 10.00 Å². The van der Waals surface area contributed by atoms with Crippen LogP contribution in [0.5, 0.6) is 0 Å². The normalized spacial score (nSPS) is 10.6. The summed E-state index contributed by atoms with van der Waals surface area (Å²) in [7, 11) is 1.84. The molecule has 96 valence electrons. The number of anilines is 1. The molecule has 0 atom stereocenters. The van der Waals surface area contributed by atoms with Gasteiger partial charge in [0.15, 0.2) is 0 Å². The lowest BCUT2D eigenvalue weighted by Gasteiger charge is -2.23. The molecule has 0 amide bonds. The monoisotopic (exact) mass is 239 g/mol. The van der Waals surface area contributed by atoms with Gasteiger partial charge in [-0.2, -0.15) is 5.10 Å². The van der Waals surface area contributed by atoms with Crippen LogP contribution in [-0.4, -0.2) is 40.4 Å². The van der Waals surface area contributed by atoms with Crippen molar-refractivity contribution in [1.29, 1.82) is 5.41 Å². The Kier molecular flexibility index (Phi) is 4.51. The van der Waals surface area contributed by atoms with Gasteiger partial charge < -0.3 is 15.7 Å². The zero-order valence-electron chi connectivity index (χ0n) is 10.7. The van der Waals surface area contributed by atoms with E-state index in [4.69, 9.17) is 16.2 Å². The van der Waals surface area contributed by atoms with Gasteiger partial charge in [0.25, 0.3) is 0 Å². The van der Waals surface area contributed by atoms with Gasteiger partial charge in [0.1, 0.15) is 11.7 Å². The molecular weight excluding hydrogens is 218 g/mol. The second-order valence-corrected chi connectivity index (χ2v) is 3.98. The first-order valence-corrected chi connectivity index (χ1v) is 5.76. The number of rotatable bonds is 6. The molecule has 0 spiro atoms. The number of hydrogen-bond acceptors (Lipinski definition) is 4. The molecule has 0 fully saturated rings. The Labute approximate surface area is 102 Å². The minimum atomic E-state index is 0.0352. The lowest BCUT2D eigenvalue weighted by Crippen LogP contribution is -2.29.